The first-order chi connectivity index (χ1) is 13.6. The van der Waals surface area contributed by atoms with Gasteiger partial charge >= 0.3 is 0 Å². The molecule has 0 bridgehead atoms. The van der Waals surface area contributed by atoms with Gasteiger partial charge in [-0.25, -0.2) is 9.40 Å². The highest BCUT2D eigenvalue weighted by Crippen LogP contribution is 2.33. The molecule has 2 aromatic rings. The van der Waals surface area contributed by atoms with Crippen molar-refractivity contribution in [1.29, 1.82) is 0 Å². The van der Waals surface area contributed by atoms with Gasteiger partial charge in [0.05, 0.1) is 31.5 Å². The van der Waals surface area contributed by atoms with Crippen LogP contribution in [0.25, 0.3) is 0 Å². The number of morpholine rings is 1. The molecule has 28 heavy (non-hydrogen) atoms. The molecular weight excluding hydrogens is 357 g/mol. The van der Waals surface area contributed by atoms with Crippen molar-refractivity contribution in [1.82, 2.24) is 9.91 Å². The van der Waals surface area contributed by atoms with Crippen LogP contribution in [0.2, 0.25) is 0 Å². The SMILES string of the molecule is Cc1cccc(C2=NN(C(=O)CN3CCOCC3)[C@H](c3ccc(F)cc3)C2)c1. The first-order valence-electron chi connectivity index (χ1n) is 9.62. The van der Waals surface area contributed by atoms with E-state index >= 15 is 0 Å². The van der Waals surface area contributed by atoms with Crippen molar-refractivity contribution >= 4 is 11.6 Å². The van der Waals surface area contributed by atoms with Crippen molar-refractivity contribution in [2.45, 2.75) is 19.4 Å². The van der Waals surface area contributed by atoms with Crippen molar-refractivity contribution in [3.63, 3.8) is 0 Å². The Morgan fingerprint density at radius 3 is 2.64 bits per heavy atom. The second-order valence-electron chi connectivity index (χ2n) is 7.31. The van der Waals surface area contributed by atoms with E-state index in [1.807, 2.05) is 25.1 Å². The van der Waals surface area contributed by atoms with Gasteiger partial charge in [0.25, 0.3) is 5.91 Å². The van der Waals surface area contributed by atoms with Crippen molar-refractivity contribution in [2.24, 2.45) is 5.10 Å². The Labute approximate surface area is 164 Å². The fourth-order valence-corrected chi connectivity index (χ4v) is 3.71. The third-order valence-electron chi connectivity index (χ3n) is 5.23. The molecule has 6 heteroatoms. The van der Waals surface area contributed by atoms with Crippen LogP contribution in [0.1, 0.15) is 29.2 Å². The summed E-state index contributed by atoms with van der Waals surface area (Å²) in [6.45, 7) is 5.13. The highest BCUT2D eigenvalue weighted by molar-refractivity contribution is 6.03. The van der Waals surface area contributed by atoms with Crippen LogP contribution in [0, 0.1) is 12.7 Å². The molecule has 146 valence electrons. The normalized spacial score (nSPS) is 20.3. The number of carbonyl (C=O) groups is 1. The number of hydrogen-bond donors (Lipinski definition) is 0. The lowest BCUT2D eigenvalue weighted by Crippen LogP contribution is -2.43. The molecule has 1 amide bonds. The van der Waals surface area contributed by atoms with Gasteiger partial charge in [0.15, 0.2) is 0 Å². The number of carbonyl (C=O) groups excluding carboxylic acids is 1. The van der Waals surface area contributed by atoms with Crippen LogP contribution in [0.5, 0.6) is 0 Å². The minimum absolute atomic E-state index is 0.0427. The smallest absolute Gasteiger partial charge is 0.257 e. The number of nitrogens with zero attached hydrogens (tertiary/aromatic N) is 3. The van der Waals surface area contributed by atoms with Gasteiger partial charge in [0.2, 0.25) is 0 Å². The van der Waals surface area contributed by atoms with Crippen molar-refractivity contribution in [2.75, 3.05) is 32.8 Å². The van der Waals surface area contributed by atoms with E-state index in [1.165, 1.54) is 12.1 Å². The summed E-state index contributed by atoms with van der Waals surface area (Å²) < 4.78 is 18.8. The Balaban J connectivity index is 1.60. The molecule has 1 fully saturated rings. The summed E-state index contributed by atoms with van der Waals surface area (Å²) in [6, 6.07) is 14.3. The van der Waals surface area contributed by atoms with Gasteiger partial charge in [-0.1, -0.05) is 42.0 Å². The van der Waals surface area contributed by atoms with E-state index in [1.54, 1.807) is 17.1 Å². The van der Waals surface area contributed by atoms with Crippen LogP contribution in [0.15, 0.2) is 53.6 Å². The Morgan fingerprint density at radius 2 is 1.93 bits per heavy atom. The fourth-order valence-electron chi connectivity index (χ4n) is 3.71. The monoisotopic (exact) mass is 381 g/mol. The van der Waals surface area contributed by atoms with E-state index in [4.69, 9.17) is 9.84 Å². The van der Waals surface area contributed by atoms with Gasteiger partial charge in [0.1, 0.15) is 5.82 Å². The molecule has 4 rings (SSSR count). The van der Waals surface area contributed by atoms with Crippen molar-refractivity contribution < 1.29 is 13.9 Å². The molecular formula is C22H24FN3O2. The Kier molecular flexibility index (Phi) is 5.50. The highest BCUT2D eigenvalue weighted by Gasteiger charge is 2.33. The zero-order valence-corrected chi connectivity index (χ0v) is 16.0. The average Bonchev–Trinajstić information content (AvgIpc) is 3.15. The van der Waals surface area contributed by atoms with E-state index in [2.05, 4.69) is 11.0 Å². The Morgan fingerprint density at radius 1 is 1.18 bits per heavy atom. The maximum absolute atomic E-state index is 13.4. The van der Waals surface area contributed by atoms with Gasteiger partial charge in [-0.15, -0.1) is 0 Å². The van der Waals surface area contributed by atoms with Crippen LogP contribution in [0.3, 0.4) is 0 Å². The van der Waals surface area contributed by atoms with Gasteiger partial charge < -0.3 is 4.74 Å². The van der Waals surface area contributed by atoms with E-state index in [-0.39, 0.29) is 17.8 Å². The predicted molar refractivity (Wildman–Crippen MR) is 106 cm³/mol. The lowest BCUT2D eigenvalue weighted by Gasteiger charge is -2.29. The molecule has 2 aliphatic rings. The molecule has 0 N–H and O–H groups in total. The molecule has 1 saturated heterocycles. The largest absolute Gasteiger partial charge is 0.379 e. The van der Waals surface area contributed by atoms with Crippen molar-refractivity contribution in [3.05, 3.63) is 71.0 Å². The summed E-state index contributed by atoms with van der Waals surface area (Å²) in [5.74, 6) is -0.327. The van der Waals surface area contributed by atoms with Crippen LogP contribution in [-0.4, -0.2) is 54.4 Å². The fraction of sp³-hybridized carbons (Fsp3) is 0.364. The van der Waals surface area contributed by atoms with Crippen molar-refractivity contribution in [3.8, 4) is 0 Å². The minimum Gasteiger partial charge on any atom is -0.379 e. The van der Waals surface area contributed by atoms with Crippen LogP contribution in [-0.2, 0) is 9.53 Å². The van der Waals surface area contributed by atoms with Crippen LogP contribution < -0.4 is 0 Å². The number of ether oxygens (including phenoxy) is 1. The standard InChI is InChI=1S/C22H24FN3O2/c1-16-3-2-4-18(13-16)20-14-21(17-5-7-19(23)8-6-17)26(24-20)22(27)15-25-9-11-28-12-10-25/h2-8,13,21H,9-12,14-15H2,1H3/t21-/m0/s1. The van der Waals surface area contributed by atoms with Crippen LogP contribution >= 0.6 is 0 Å². The summed E-state index contributed by atoms with van der Waals surface area (Å²) in [6.07, 6.45) is 0.615. The second kappa shape index (κ2) is 8.20. The molecule has 0 radical (unpaired) electrons. The quantitative estimate of drug-likeness (QED) is 0.817. The van der Waals surface area contributed by atoms with Crippen LogP contribution in [0.4, 0.5) is 4.39 Å². The Bertz CT molecular complexity index is 876. The lowest BCUT2D eigenvalue weighted by atomic mass is 9.97. The lowest BCUT2D eigenvalue weighted by molar-refractivity contribution is -0.135. The number of hydrazone groups is 1. The molecule has 5 nitrogen and oxygen atoms in total. The molecule has 0 aliphatic carbocycles. The van der Waals surface area contributed by atoms with Gasteiger partial charge in [-0.05, 0) is 30.2 Å². The summed E-state index contributed by atoms with van der Waals surface area (Å²) in [5, 5.41) is 6.28. The van der Waals surface area contributed by atoms with E-state index < -0.39 is 0 Å². The molecule has 0 aromatic heterocycles. The van der Waals surface area contributed by atoms with E-state index in [0.29, 0.717) is 26.2 Å². The molecule has 0 spiro atoms. The number of halogens is 1. The molecule has 2 aliphatic heterocycles. The number of aryl methyl sites for hydroxylation is 1. The first kappa shape index (κ1) is 18.8. The van der Waals surface area contributed by atoms with Gasteiger partial charge in [-0.2, -0.15) is 5.10 Å². The molecule has 0 saturated carbocycles. The number of benzene rings is 2. The first-order valence-corrected chi connectivity index (χ1v) is 9.62. The summed E-state index contributed by atoms with van der Waals surface area (Å²) in [5.41, 5.74) is 3.95. The maximum atomic E-state index is 13.4. The maximum Gasteiger partial charge on any atom is 0.257 e. The Hall–Kier alpha value is -2.57. The minimum atomic E-state index is -0.284. The zero-order chi connectivity index (χ0) is 19.5. The zero-order valence-electron chi connectivity index (χ0n) is 16.0. The molecule has 1 atom stereocenters. The summed E-state index contributed by atoms with van der Waals surface area (Å²) in [4.78, 5) is 15.2. The van der Waals surface area contributed by atoms with E-state index in [9.17, 15) is 9.18 Å². The average molecular weight is 381 g/mol. The topological polar surface area (TPSA) is 45.1 Å². The summed E-state index contributed by atoms with van der Waals surface area (Å²) >= 11 is 0. The van der Waals surface area contributed by atoms with Gasteiger partial charge in [0, 0.05) is 19.5 Å². The number of amides is 1. The molecule has 0 unspecified atom stereocenters. The number of hydrogen-bond acceptors (Lipinski definition) is 4. The number of rotatable bonds is 4. The third-order valence-corrected chi connectivity index (χ3v) is 5.23. The second-order valence-corrected chi connectivity index (χ2v) is 7.31. The molecule has 2 heterocycles. The third kappa shape index (κ3) is 4.13. The summed E-state index contributed by atoms with van der Waals surface area (Å²) in [7, 11) is 0. The van der Waals surface area contributed by atoms with E-state index in [0.717, 1.165) is 35.5 Å². The molecule has 2 aromatic carbocycles. The highest BCUT2D eigenvalue weighted by atomic mass is 19.1. The van der Waals surface area contributed by atoms with Gasteiger partial charge in [-0.3, -0.25) is 9.69 Å². The predicted octanol–water partition coefficient (Wildman–Crippen LogP) is 3.14.